The molecule has 112 valence electrons. The zero-order chi connectivity index (χ0) is 15.1. The van der Waals surface area contributed by atoms with Gasteiger partial charge in [0.2, 0.25) is 5.91 Å². The van der Waals surface area contributed by atoms with Crippen LogP contribution >= 0.6 is 0 Å². The van der Waals surface area contributed by atoms with Gasteiger partial charge < -0.3 is 14.4 Å². The molecular weight excluding hydrogens is 270 g/mol. The minimum absolute atomic E-state index is 0.0840. The molecule has 2 fully saturated rings. The van der Waals surface area contributed by atoms with Crippen LogP contribution in [0.3, 0.4) is 0 Å². The molecule has 3 heterocycles. The number of nitrogens with zero attached hydrogens (tertiary/aromatic N) is 3. The van der Waals surface area contributed by atoms with Gasteiger partial charge in [-0.25, -0.2) is 0 Å². The van der Waals surface area contributed by atoms with Crippen molar-refractivity contribution < 1.29 is 9.59 Å². The highest BCUT2D eigenvalue weighted by molar-refractivity contribution is 5.95. The van der Waals surface area contributed by atoms with E-state index in [4.69, 9.17) is 0 Å². The summed E-state index contributed by atoms with van der Waals surface area (Å²) in [6.45, 7) is 1.83. The quantitative estimate of drug-likeness (QED) is 0.727. The molecule has 21 heavy (non-hydrogen) atoms. The van der Waals surface area contributed by atoms with Gasteiger partial charge in [-0.15, -0.1) is 0 Å². The second-order valence-corrected chi connectivity index (χ2v) is 5.99. The van der Waals surface area contributed by atoms with Gasteiger partial charge in [-0.2, -0.15) is 0 Å². The molecule has 6 nitrogen and oxygen atoms in total. The number of hydrogen-bond acceptors (Lipinski definition) is 3. The van der Waals surface area contributed by atoms with Gasteiger partial charge in [0, 0.05) is 51.6 Å². The highest BCUT2D eigenvalue weighted by Crippen LogP contribution is 2.32. The molecule has 6 heteroatoms. The minimum Gasteiger partial charge on any atom is -0.345 e. The van der Waals surface area contributed by atoms with E-state index >= 15 is 0 Å². The van der Waals surface area contributed by atoms with E-state index in [1.54, 1.807) is 29.1 Å². The van der Waals surface area contributed by atoms with E-state index in [2.05, 4.69) is 0 Å². The third-order valence-corrected chi connectivity index (χ3v) is 4.61. The molecule has 2 amide bonds. The van der Waals surface area contributed by atoms with E-state index in [9.17, 15) is 14.4 Å². The highest BCUT2D eigenvalue weighted by atomic mass is 16.2. The van der Waals surface area contributed by atoms with E-state index in [0.29, 0.717) is 18.7 Å². The second-order valence-electron chi connectivity index (χ2n) is 5.99. The van der Waals surface area contributed by atoms with Gasteiger partial charge in [-0.05, 0) is 18.4 Å². The molecule has 0 aromatic carbocycles. The number of carbonyl (C=O) groups excluding carboxylic acids is 2. The number of hydrogen-bond donors (Lipinski definition) is 0. The number of likely N-dealkylation sites (tertiary alicyclic amines) is 2. The first kappa shape index (κ1) is 13.9. The third-order valence-electron chi connectivity index (χ3n) is 4.61. The average molecular weight is 289 g/mol. The smallest absolute Gasteiger partial charge is 0.254 e. The number of pyridine rings is 1. The lowest BCUT2D eigenvalue weighted by Crippen LogP contribution is -2.42. The molecule has 1 aromatic rings. The number of rotatable bonds is 1. The number of piperidine rings is 1. The summed E-state index contributed by atoms with van der Waals surface area (Å²) >= 11 is 0. The van der Waals surface area contributed by atoms with E-state index in [1.165, 1.54) is 10.6 Å². The summed E-state index contributed by atoms with van der Waals surface area (Å²) in [6.07, 6.45) is 2.53. The number of fused-ring (bicyclic) bond motifs is 1. The summed E-state index contributed by atoms with van der Waals surface area (Å²) in [5.74, 6) is 0.145. The van der Waals surface area contributed by atoms with Crippen molar-refractivity contribution in [3.63, 3.8) is 0 Å². The van der Waals surface area contributed by atoms with Gasteiger partial charge in [-0.1, -0.05) is 0 Å². The van der Waals surface area contributed by atoms with Gasteiger partial charge in [0.25, 0.3) is 11.5 Å². The third kappa shape index (κ3) is 2.34. The minimum atomic E-state index is -0.201. The molecular formula is C15H19N3O3. The average Bonchev–Trinajstić information content (AvgIpc) is 2.90. The summed E-state index contributed by atoms with van der Waals surface area (Å²) in [5.41, 5.74) is 0.200. The van der Waals surface area contributed by atoms with Crippen LogP contribution in [-0.2, 0) is 11.8 Å². The Morgan fingerprint density at radius 1 is 1.24 bits per heavy atom. The molecule has 0 bridgehead atoms. The summed E-state index contributed by atoms with van der Waals surface area (Å²) in [7, 11) is 3.46. The lowest BCUT2D eigenvalue weighted by atomic mass is 9.88. The van der Waals surface area contributed by atoms with Gasteiger partial charge in [0.1, 0.15) is 0 Å². The largest absolute Gasteiger partial charge is 0.345 e. The van der Waals surface area contributed by atoms with E-state index in [0.717, 1.165) is 13.0 Å². The van der Waals surface area contributed by atoms with E-state index < -0.39 is 0 Å². The first-order valence-electron chi connectivity index (χ1n) is 7.18. The molecule has 2 atom stereocenters. The lowest BCUT2D eigenvalue weighted by Gasteiger charge is -2.30. The Hall–Kier alpha value is -2.11. The molecule has 2 aliphatic rings. The second kappa shape index (κ2) is 5.02. The normalized spacial score (nSPS) is 25.1. The molecule has 0 saturated carbocycles. The molecule has 0 aliphatic carbocycles. The zero-order valence-corrected chi connectivity index (χ0v) is 12.3. The molecule has 0 spiro atoms. The number of amides is 2. The van der Waals surface area contributed by atoms with Crippen LogP contribution in [0.2, 0.25) is 0 Å². The van der Waals surface area contributed by atoms with Crippen molar-refractivity contribution in [1.82, 2.24) is 14.4 Å². The van der Waals surface area contributed by atoms with Crippen molar-refractivity contribution in [3.8, 4) is 0 Å². The van der Waals surface area contributed by atoms with Gasteiger partial charge in [0.15, 0.2) is 0 Å². The van der Waals surface area contributed by atoms with Gasteiger partial charge >= 0.3 is 0 Å². The maximum atomic E-state index is 12.5. The Kier molecular flexibility index (Phi) is 3.31. The zero-order valence-electron chi connectivity index (χ0n) is 12.3. The maximum absolute atomic E-state index is 12.5. The SMILES string of the molecule is CN1CC[C@@H]2CN(C(=O)c3ccn(C)c(=O)c3)C[C@@H]2C1=O. The Morgan fingerprint density at radius 3 is 2.71 bits per heavy atom. The summed E-state index contributed by atoms with van der Waals surface area (Å²) in [4.78, 5) is 39.7. The summed E-state index contributed by atoms with van der Waals surface area (Å²) < 4.78 is 1.43. The van der Waals surface area contributed by atoms with Crippen molar-refractivity contribution in [2.45, 2.75) is 6.42 Å². The van der Waals surface area contributed by atoms with Gasteiger partial charge in [-0.3, -0.25) is 14.4 Å². The van der Waals surface area contributed by atoms with E-state index in [1.807, 2.05) is 7.05 Å². The van der Waals surface area contributed by atoms with Crippen LogP contribution in [0.15, 0.2) is 23.1 Å². The molecule has 0 radical (unpaired) electrons. The predicted octanol–water partition coefficient (Wildman–Crippen LogP) is -0.0644. The highest BCUT2D eigenvalue weighted by Gasteiger charge is 2.43. The predicted molar refractivity (Wildman–Crippen MR) is 76.8 cm³/mol. The van der Waals surface area contributed by atoms with E-state index in [-0.39, 0.29) is 29.2 Å². The van der Waals surface area contributed by atoms with Crippen molar-refractivity contribution >= 4 is 11.8 Å². The van der Waals surface area contributed by atoms with Gasteiger partial charge in [0.05, 0.1) is 5.92 Å². The van der Waals surface area contributed by atoms with Crippen LogP contribution in [0.1, 0.15) is 16.8 Å². The Labute approximate surface area is 123 Å². The van der Waals surface area contributed by atoms with Crippen molar-refractivity contribution in [1.29, 1.82) is 0 Å². The number of aryl methyl sites for hydroxylation is 1. The fourth-order valence-corrected chi connectivity index (χ4v) is 3.23. The molecule has 0 N–H and O–H groups in total. The molecule has 0 unspecified atom stereocenters. The fourth-order valence-electron chi connectivity index (χ4n) is 3.23. The fraction of sp³-hybridized carbons (Fsp3) is 0.533. The standard InChI is InChI=1S/C15H19N3O3/c1-16-5-3-10(7-13(16)19)14(20)18-8-11-4-6-17(2)15(21)12(11)9-18/h3,5,7,11-12H,4,6,8-9H2,1-2H3/t11-,12+/m1/s1. The first-order chi connectivity index (χ1) is 9.97. The Bertz CT molecular complexity index is 652. The monoisotopic (exact) mass is 289 g/mol. The Balaban J connectivity index is 1.79. The van der Waals surface area contributed by atoms with Crippen LogP contribution < -0.4 is 5.56 Å². The summed E-state index contributed by atoms with van der Waals surface area (Å²) in [5, 5.41) is 0. The van der Waals surface area contributed by atoms with Crippen LogP contribution in [0.25, 0.3) is 0 Å². The van der Waals surface area contributed by atoms with Crippen molar-refractivity contribution in [2.75, 3.05) is 26.7 Å². The first-order valence-corrected chi connectivity index (χ1v) is 7.18. The lowest BCUT2D eigenvalue weighted by molar-refractivity contribution is -0.137. The van der Waals surface area contributed by atoms with Crippen LogP contribution in [0, 0.1) is 11.8 Å². The molecule has 2 aliphatic heterocycles. The number of carbonyl (C=O) groups is 2. The Morgan fingerprint density at radius 2 is 2.00 bits per heavy atom. The van der Waals surface area contributed by atoms with Crippen molar-refractivity contribution in [2.24, 2.45) is 18.9 Å². The van der Waals surface area contributed by atoms with Crippen LogP contribution in [-0.4, -0.2) is 52.9 Å². The van der Waals surface area contributed by atoms with Crippen molar-refractivity contribution in [3.05, 3.63) is 34.2 Å². The summed E-state index contributed by atoms with van der Waals surface area (Å²) in [6, 6.07) is 3.01. The number of aromatic nitrogens is 1. The van der Waals surface area contributed by atoms with Crippen LogP contribution in [0.5, 0.6) is 0 Å². The molecule has 3 rings (SSSR count). The maximum Gasteiger partial charge on any atom is 0.254 e. The molecule has 2 saturated heterocycles. The van der Waals surface area contributed by atoms with Crippen LogP contribution in [0.4, 0.5) is 0 Å². The molecule has 1 aromatic heterocycles. The topological polar surface area (TPSA) is 62.6 Å².